The van der Waals surface area contributed by atoms with E-state index in [0.717, 1.165) is 39.8 Å². The first-order valence-electron chi connectivity index (χ1n) is 36.9. The van der Waals surface area contributed by atoms with Gasteiger partial charge in [0.2, 0.25) is 0 Å². The third kappa shape index (κ3) is 9.98. The van der Waals surface area contributed by atoms with Gasteiger partial charge in [-0.15, -0.1) is 4.91 Å². The number of carboxylic acids is 1. The molecule has 0 bridgehead atoms. The summed E-state index contributed by atoms with van der Waals surface area (Å²) in [6.07, 6.45) is 0.895. The second-order valence-corrected chi connectivity index (χ2v) is 31.8. The van der Waals surface area contributed by atoms with Gasteiger partial charge in [-0.3, -0.25) is 4.79 Å². The fourth-order valence-corrected chi connectivity index (χ4v) is 19.2. The minimum Gasteiger partial charge on any atom is -0.478 e. The number of benzene rings is 11. The van der Waals surface area contributed by atoms with Crippen molar-refractivity contribution in [2.75, 3.05) is 12.3 Å². The molecule has 0 saturated carbocycles. The Morgan fingerprint density at radius 1 is 0.304 bits per heavy atom. The van der Waals surface area contributed by atoms with E-state index < -0.39 is 5.97 Å². The lowest BCUT2D eigenvalue weighted by Crippen LogP contribution is -2.10. The molecule has 0 amide bonds. The van der Waals surface area contributed by atoms with Crippen molar-refractivity contribution in [3.05, 3.63) is 200 Å². The summed E-state index contributed by atoms with van der Waals surface area (Å²) in [6.45, 7) is 76.9. The van der Waals surface area contributed by atoms with E-state index in [9.17, 15) is 14.5 Å². The Hall–Kier alpha value is -8.94. The van der Waals surface area contributed by atoms with Crippen LogP contribution in [0.3, 0.4) is 0 Å². The molecular formula is C95H110N2O5. The average Bonchev–Trinajstić information content (AvgIpc) is 1.47. The van der Waals surface area contributed by atoms with Crippen molar-refractivity contribution in [2.24, 2.45) is 11.3 Å². The van der Waals surface area contributed by atoms with E-state index in [1.54, 1.807) is 6.92 Å². The van der Waals surface area contributed by atoms with Crippen LogP contribution in [0.1, 0.15) is 223 Å². The van der Waals surface area contributed by atoms with Gasteiger partial charge in [0, 0.05) is 16.8 Å². The van der Waals surface area contributed by atoms with Crippen LogP contribution in [0.4, 0.5) is 5.69 Å². The van der Waals surface area contributed by atoms with Crippen LogP contribution in [0.25, 0.3) is 109 Å². The van der Waals surface area contributed by atoms with Crippen LogP contribution in [-0.4, -0.2) is 23.5 Å². The highest BCUT2D eigenvalue weighted by Gasteiger charge is 2.41. The predicted octanol–water partition coefficient (Wildman–Crippen LogP) is 26.2. The van der Waals surface area contributed by atoms with Gasteiger partial charge in [0.25, 0.3) is 0 Å². The molecule has 0 saturated heterocycles. The first-order valence-corrected chi connectivity index (χ1v) is 36.9. The molecule has 3 aliphatic rings. The number of aromatic carboxylic acids is 1. The summed E-state index contributed by atoms with van der Waals surface area (Å²) >= 11 is 0. The van der Waals surface area contributed by atoms with Crippen molar-refractivity contribution in [3.63, 3.8) is 0 Å². The Kier molecular flexibility index (Phi) is 18.8. The standard InChI is InChI=1S/C44H48.C35H36O.C11H15NO2.C5H11NO2/c1-17-18(2)24(8)35-31(15)41-40(30(14)34(35)23(17)7)39-27(11)21(5)26(10)38-37-29(13)28(12)33-22(6)19(3)20(4)25(9)36(33)42(37)32(16)43(41)44(38)39;1-13-14(2)17(5)26-25(16(13)4)20(8)21(9)27-28-18(6)15(3)19(7)29-32-23(11)35(36)24(12)33(32)31(34(28)29)22(10)30(26)27;1-5-6(2)8(4)10(12)9(7(5)3)11(13)14;1-5(2)3-4-8-6-7/h1-16H3;1-12H3;12H2,1-4H3,(H,13,14);5H,3-4H2,1-2H3. The van der Waals surface area contributed by atoms with Crippen molar-refractivity contribution in [2.45, 2.75) is 242 Å². The Balaban J connectivity index is 0.000000160. The van der Waals surface area contributed by atoms with Gasteiger partial charge in [-0.2, -0.15) is 0 Å². The maximum absolute atomic E-state index is 13.3. The number of carbonyl (C=O) groups is 2. The highest BCUT2D eigenvalue weighted by Crippen LogP contribution is 2.62. The molecule has 11 aromatic rings. The second-order valence-electron chi connectivity index (χ2n) is 31.8. The lowest BCUT2D eigenvalue weighted by molar-refractivity contribution is -0.111. The van der Waals surface area contributed by atoms with Gasteiger partial charge in [0.1, 0.15) is 6.61 Å². The quantitative estimate of drug-likeness (QED) is 0.0582. The Bertz CT molecular complexity index is 5840. The van der Waals surface area contributed by atoms with E-state index in [1.165, 1.54) is 265 Å². The molecule has 530 valence electrons. The molecule has 7 heteroatoms. The predicted molar refractivity (Wildman–Crippen MR) is 441 cm³/mol. The first kappa shape index (κ1) is 74.3. The Morgan fingerprint density at radius 3 is 0.882 bits per heavy atom. The van der Waals surface area contributed by atoms with E-state index in [4.69, 9.17) is 10.8 Å². The van der Waals surface area contributed by atoms with Gasteiger partial charge >= 0.3 is 5.97 Å². The van der Waals surface area contributed by atoms with Crippen LogP contribution in [0.2, 0.25) is 0 Å². The van der Waals surface area contributed by atoms with Gasteiger partial charge in [0.15, 0.2) is 11.1 Å². The summed E-state index contributed by atoms with van der Waals surface area (Å²) in [5, 5.41) is 31.4. The largest absolute Gasteiger partial charge is 0.478 e. The molecule has 0 aromatic heterocycles. The van der Waals surface area contributed by atoms with Crippen LogP contribution < -0.4 is 5.73 Å². The first-order chi connectivity index (χ1) is 47.6. The lowest BCUT2D eigenvalue weighted by Gasteiger charge is -2.25. The number of ketones is 1. The molecular weight excluding hydrogens is 1250 g/mol. The maximum atomic E-state index is 13.3. The van der Waals surface area contributed by atoms with Crippen molar-refractivity contribution in [1.29, 1.82) is 0 Å². The number of allylic oxidation sites excluding steroid dienone is 4. The summed E-state index contributed by atoms with van der Waals surface area (Å²) in [5.74, 6) is -0.165. The molecule has 7 nitrogen and oxygen atoms in total. The summed E-state index contributed by atoms with van der Waals surface area (Å²) in [7, 11) is 0. The smallest absolute Gasteiger partial charge is 0.338 e. The van der Waals surface area contributed by atoms with E-state index in [0.29, 0.717) is 18.2 Å². The molecule has 3 N–H and O–H groups in total. The fourth-order valence-electron chi connectivity index (χ4n) is 19.2. The van der Waals surface area contributed by atoms with E-state index in [1.807, 2.05) is 34.6 Å². The molecule has 0 heterocycles. The number of hydrogen-bond donors (Lipinski definition) is 2. The number of nitrogens with two attached hydrogens (primary N) is 1. The van der Waals surface area contributed by atoms with Crippen molar-refractivity contribution < 1.29 is 19.5 Å². The summed E-state index contributed by atoms with van der Waals surface area (Å²) in [5.41, 5.74) is 59.6. The van der Waals surface area contributed by atoms with Crippen LogP contribution in [0.5, 0.6) is 0 Å². The van der Waals surface area contributed by atoms with E-state index in [-0.39, 0.29) is 11.3 Å². The topological polar surface area (TPSA) is 119 Å². The monoisotopic (exact) mass is 1360 g/mol. The molecule has 0 spiro atoms. The molecule has 14 rings (SSSR count). The number of nitrogen functional groups attached to an aromatic ring is 1. The molecule has 0 radical (unpaired) electrons. The molecule has 102 heavy (non-hydrogen) atoms. The van der Waals surface area contributed by atoms with Crippen LogP contribution >= 0.6 is 0 Å². The summed E-state index contributed by atoms with van der Waals surface area (Å²) in [6, 6.07) is 0. The van der Waals surface area contributed by atoms with Gasteiger partial charge in [-0.25, -0.2) is 4.79 Å². The zero-order valence-electron chi connectivity index (χ0n) is 68.1. The number of anilines is 1. The number of carboxylic acid groups (broad SMARTS) is 1. The average molecular weight is 1360 g/mol. The Morgan fingerprint density at radius 2 is 0.529 bits per heavy atom. The van der Waals surface area contributed by atoms with Gasteiger partial charge in [0.05, 0.1) is 5.56 Å². The van der Waals surface area contributed by atoms with Crippen LogP contribution in [-0.2, 0) is 9.63 Å². The number of fused-ring (bicyclic) bond motifs is 15. The van der Waals surface area contributed by atoms with Crippen molar-refractivity contribution in [3.8, 4) is 22.3 Å². The number of nitrogens with zero attached hydrogens (tertiary/aromatic N) is 1. The normalized spacial score (nSPS) is 12.9. The number of carbonyl (C=O) groups excluding carboxylic acids is 1. The van der Waals surface area contributed by atoms with Crippen molar-refractivity contribution >= 4 is 104 Å². The van der Waals surface area contributed by atoms with E-state index in [2.05, 4.69) is 204 Å². The highest BCUT2D eigenvalue weighted by molar-refractivity contribution is 6.42. The molecule has 0 aliphatic heterocycles. The second kappa shape index (κ2) is 25.8. The number of aryl methyl sites for hydroxylation is 16. The third-order valence-corrected chi connectivity index (χ3v) is 27.2. The third-order valence-electron chi connectivity index (χ3n) is 27.2. The SMILES string of the molecule is CC(C)CCON=O.CC1=C2C(=C(C)C1=O)c1c(C)c3c4c(C)c(C)c(C)c(C)c4c(C)c(C)c3c3c(C)c(C)c(C)c2c13.Cc1c(C)c(C)c(C(=O)O)c(N)c1C.Cc1c(C)c(C)c2c(C)c3c(c(C)c2c1C)-c1c(C)c(C)c(C)c2c1c-3c(C)c1c3c(C)c(C)c(C)c(C)c3c(C)c(C)c21. The number of hydrogen-bond acceptors (Lipinski definition) is 6. The maximum Gasteiger partial charge on any atom is 0.338 e. The molecule has 0 unspecified atom stereocenters. The molecule has 0 fully saturated rings. The van der Waals surface area contributed by atoms with Gasteiger partial charge in [-0.1, -0.05) is 13.8 Å². The fraction of sp³-hybridized carbons (Fsp3) is 0.389. The zero-order chi connectivity index (χ0) is 75.9. The lowest BCUT2D eigenvalue weighted by atomic mass is 9.78. The number of Topliss-reactive ketones (excluding diaryl/α,β-unsaturated/α-hetero) is 1. The zero-order valence-corrected chi connectivity index (χ0v) is 68.1. The molecule has 11 aromatic carbocycles. The minimum atomic E-state index is -0.953. The summed E-state index contributed by atoms with van der Waals surface area (Å²) in [4.78, 5) is 37.8. The van der Waals surface area contributed by atoms with Crippen LogP contribution in [0.15, 0.2) is 16.5 Å². The molecule has 3 aliphatic carbocycles. The highest BCUT2D eigenvalue weighted by atomic mass is 16.7. The summed E-state index contributed by atoms with van der Waals surface area (Å²) < 4.78 is 0. The van der Waals surface area contributed by atoms with E-state index >= 15 is 0 Å². The van der Waals surface area contributed by atoms with Gasteiger partial charge in [-0.05, 0) is 521 Å². The van der Waals surface area contributed by atoms with Crippen molar-refractivity contribution in [1.82, 2.24) is 0 Å². The molecule has 0 atom stereocenters. The van der Waals surface area contributed by atoms with Gasteiger partial charge < -0.3 is 15.7 Å². The number of rotatable bonds is 5. The minimum absolute atomic E-state index is 0.208. The Labute approximate surface area is 607 Å². The van der Waals surface area contributed by atoms with Crippen LogP contribution in [0, 0.1) is 219 Å².